The fourth-order valence-electron chi connectivity index (χ4n) is 1.82. The molecule has 2 heterocycles. The van der Waals surface area contributed by atoms with Gasteiger partial charge in [0.2, 0.25) is 0 Å². The van der Waals surface area contributed by atoms with Crippen LogP contribution in [0.3, 0.4) is 0 Å². The van der Waals surface area contributed by atoms with Crippen molar-refractivity contribution in [2.75, 3.05) is 5.32 Å². The number of para-hydroxylation sites is 1. The largest absolute Gasteiger partial charge is 0.338 e. The third-order valence-electron chi connectivity index (χ3n) is 2.61. The molecule has 0 radical (unpaired) electrons. The average Bonchev–Trinajstić information content (AvgIpc) is 2.39. The fraction of sp³-hybridized carbons (Fsp3) is 0. The third kappa shape index (κ3) is 2.19. The maximum atomic E-state index is 4.40. The van der Waals surface area contributed by atoms with Crippen molar-refractivity contribution in [3.63, 3.8) is 0 Å². The molecule has 0 aliphatic carbocycles. The van der Waals surface area contributed by atoms with Gasteiger partial charge in [-0.05, 0) is 40.2 Å². The predicted molar refractivity (Wildman–Crippen MR) is 77.0 cm³/mol. The Morgan fingerprint density at radius 1 is 0.944 bits per heavy atom. The van der Waals surface area contributed by atoms with E-state index in [1.54, 1.807) is 6.20 Å². The molecule has 4 heteroatoms. The van der Waals surface area contributed by atoms with Gasteiger partial charge in [-0.3, -0.25) is 4.98 Å². The van der Waals surface area contributed by atoms with E-state index in [2.05, 4.69) is 31.2 Å². The van der Waals surface area contributed by atoms with Crippen LogP contribution in [0.2, 0.25) is 0 Å². The molecule has 0 fully saturated rings. The van der Waals surface area contributed by atoms with Crippen LogP contribution in [-0.4, -0.2) is 9.97 Å². The van der Waals surface area contributed by atoms with Gasteiger partial charge in [-0.25, -0.2) is 4.98 Å². The highest BCUT2D eigenvalue weighted by atomic mass is 79.9. The molecule has 1 aromatic carbocycles. The van der Waals surface area contributed by atoms with Crippen LogP contribution in [0, 0.1) is 0 Å². The van der Waals surface area contributed by atoms with E-state index < -0.39 is 0 Å². The van der Waals surface area contributed by atoms with E-state index in [0.29, 0.717) is 0 Å². The van der Waals surface area contributed by atoms with Crippen LogP contribution in [0.25, 0.3) is 10.9 Å². The summed E-state index contributed by atoms with van der Waals surface area (Å²) < 4.78 is 0.806. The number of nitrogens with one attached hydrogen (secondary N) is 1. The van der Waals surface area contributed by atoms with Gasteiger partial charge < -0.3 is 5.32 Å². The highest BCUT2D eigenvalue weighted by Crippen LogP contribution is 2.24. The quantitative estimate of drug-likeness (QED) is 0.723. The second kappa shape index (κ2) is 4.74. The predicted octanol–water partition coefficient (Wildman–Crippen LogP) is 4.14. The van der Waals surface area contributed by atoms with Crippen LogP contribution in [-0.2, 0) is 0 Å². The Kier molecular flexibility index (Phi) is 2.94. The van der Waals surface area contributed by atoms with Crippen LogP contribution in [0.4, 0.5) is 11.5 Å². The van der Waals surface area contributed by atoms with Gasteiger partial charge in [0.1, 0.15) is 10.4 Å². The minimum Gasteiger partial charge on any atom is -0.338 e. The second-order valence-electron chi connectivity index (χ2n) is 3.85. The first-order chi connectivity index (χ1) is 8.83. The van der Waals surface area contributed by atoms with Crippen molar-refractivity contribution in [3.8, 4) is 0 Å². The third-order valence-corrected chi connectivity index (χ3v) is 3.05. The summed E-state index contributed by atoms with van der Waals surface area (Å²) in [5.41, 5.74) is 1.90. The van der Waals surface area contributed by atoms with Crippen molar-refractivity contribution in [2.45, 2.75) is 0 Å². The minimum atomic E-state index is 0.794. The fourth-order valence-corrected chi connectivity index (χ4v) is 2.16. The average molecular weight is 300 g/mol. The minimum absolute atomic E-state index is 0.794. The first-order valence-electron chi connectivity index (χ1n) is 5.56. The van der Waals surface area contributed by atoms with E-state index in [1.165, 1.54) is 0 Å². The molecule has 0 saturated heterocycles. The molecule has 0 spiro atoms. The molecule has 18 heavy (non-hydrogen) atoms. The summed E-state index contributed by atoms with van der Waals surface area (Å²) in [5, 5.41) is 4.39. The van der Waals surface area contributed by atoms with Gasteiger partial charge in [0.25, 0.3) is 0 Å². The Morgan fingerprint density at radius 2 is 1.78 bits per heavy atom. The second-order valence-corrected chi connectivity index (χ2v) is 4.66. The maximum absolute atomic E-state index is 4.40. The van der Waals surface area contributed by atoms with E-state index in [1.807, 2.05) is 48.5 Å². The topological polar surface area (TPSA) is 37.8 Å². The molecule has 2 aromatic heterocycles. The van der Waals surface area contributed by atoms with E-state index in [-0.39, 0.29) is 0 Å². The van der Waals surface area contributed by atoms with Crippen LogP contribution in [0.1, 0.15) is 0 Å². The lowest BCUT2D eigenvalue weighted by atomic mass is 10.2. The molecule has 3 rings (SSSR count). The van der Waals surface area contributed by atoms with Gasteiger partial charge in [0.15, 0.2) is 0 Å². The molecule has 0 bridgehead atoms. The summed E-state index contributed by atoms with van der Waals surface area (Å²) >= 11 is 3.36. The number of pyridine rings is 2. The number of hydrogen-bond acceptors (Lipinski definition) is 3. The summed E-state index contributed by atoms with van der Waals surface area (Å²) in [6.07, 6.45) is 1.79. The highest BCUT2D eigenvalue weighted by molar-refractivity contribution is 9.10. The van der Waals surface area contributed by atoms with Gasteiger partial charge >= 0.3 is 0 Å². The molecule has 1 N–H and O–H groups in total. The highest BCUT2D eigenvalue weighted by Gasteiger charge is 2.02. The summed E-state index contributed by atoms with van der Waals surface area (Å²) in [5.74, 6) is 0.794. The number of anilines is 2. The maximum Gasteiger partial charge on any atom is 0.131 e. The zero-order valence-electron chi connectivity index (χ0n) is 9.47. The molecule has 0 atom stereocenters. The van der Waals surface area contributed by atoms with Crippen molar-refractivity contribution < 1.29 is 0 Å². The molecular weight excluding hydrogens is 290 g/mol. The zero-order chi connectivity index (χ0) is 12.4. The van der Waals surface area contributed by atoms with Crippen molar-refractivity contribution in [1.82, 2.24) is 9.97 Å². The lowest BCUT2D eigenvalue weighted by Gasteiger charge is -2.08. The molecule has 0 aliphatic rings. The molecule has 88 valence electrons. The molecule has 0 aliphatic heterocycles. The number of nitrogens with zero attached hydrogens (tertiary/aromatic N) is 2. The van der Waals surface area contributed by atoms with Crippen LogP contribution >= 0.6 is 15.9 Å². The molecule has 0 amide bonds. The number of hydrogen-bond donors (Lipinski definition) is 1. The van der Waals surface area contributed by atoms with Gasteiger partial charge in [0.05, 0.1) is 11.2 Å². The number of halogens is 1. The first-order valence-corrected chi connectivity index (χ1v) is 6.35. The molecule has 3 nitrogen and oxygen atoms in total. The Labute approximate surface area is 113 Å². The number of rotatable bonds is 2. The Bertz CT molecular complexity index is 692. The van der Waals surface area contributed by atoms with Crippen LogP contribution < -0.4 is 5.32 Å². The van der Waals surface area contributed by atoms with Gasteiger partial charge in [0, 0.05) is 11.6 Å². The van der Waals surface area contributed by atoms with Crippen molar-refractivity contribution >= 4 is 38.3 Å². The zero-order valence-corrected chi connectivity index (χ0v) is 11.1. The standard InChI is InChI=1S/C14H10BrN3/c15-12-7-2-8-13(18-12)17-11-6-1-4-10-5-3-9-16-14(10)11/h1-9H,(H,17,18). The van der Waals surface area contributed by atoms with Crippen molar-refractivity contribution in [3.05, 3.63) is 59.3 Å². The number of benzene rings is 1. The Hall–Kier alpha value is -1.94. The molecule has 0 saturated carbocycles. The van der Waals surface area contributed by atoms with Crippen LogP contribution in [0.5, 0.6) is 0 Å². The van der Waals surface area contributed by atoms with E-state index in [0.717, 1.165) is 27.0 Å². The first kappa shape index (κ1) is 11.2. The summed E-state index contributed by atoms with van der Waals surface area (Å²) in [6.45, 7) is 0. The van der Waals surface area contributed by atoms with E-state index in [4.69, 9.17) is 0 Å². The monoisotopic (exact) mass is 299 g/mol. The smallest absolute Gasteiger partial charge is 0.131 e. The van der Waals surface area contributed by atoms with Gasteiger partial charge in [-0.1, -0.05) is 24.3 Å². The van der Waals surface area contributed by atoms with Crippen LogP contribution in [0.15, 0.2) is 59.3 Å². The molecular formula is C14H10BrN3. The summed E-state index contributed by atoms with van der Waals surface area (Å²) in [4.78, 5) is 8.75. The SMILES string of the molecule is Brc1cccc(Nc2cccc3cccnc23)n1. The Balaban J connectivity index is 2.05. The van der Waals surface area contributed by atoms with Crippen molar-refractivity contribution in [1.29, 1.82) is 0 Å². The number of fused-ring (bicyclic) bond motifs is 1. The lowest BCUT2D eigenvalue weighted by Crippen LogP contribution is -1.95. The van der Waals surface area contributed by atoms with E-state index in [9.17, 15) is 0 Å². The molecule has 0 unspecified atom stereocenters. The van der Waals surface area contributed by atoms with Gasteiger partial charge in [-0.2, -0.15) is 0 Å². The normalized spacial score (nSPS) is 10.5. The summed E-state index contributed by atoms with van der Waals surface area (Å²) in [6, 6.07) is 15.8. The van der Waals surface area contributed by atoms with Crippen molar-refractivity contribution in [2.24, 2.45) is 0 Å². The molecule has 3 aromatic rings. The number of aromatic nitrogens is 2. The lowest BCUT2D eigenvalue weighted by molar-refractivity contribution is 1.26. The van der Waals surface area contributed by atoms with E-state index >= 15 is 0 Å². The van der Waals surface area contributed by atoms with Gasteiger partial charge in [-0.15, -0.1) is 0 Å². The summed E-state index contributed by atoms with van der Waals surface area (Å²) in [7, 11) is 0. The Morgan fingerprint density at radius 3 is 2.67 bits per heavy atom.